The van der Waals surface area contributed by atoms with Crippen LogP contribution in [0.1, 0.15) is 17.5 Å². The summed E-state index contributed by atoms with van der Waals surface area (Å²) in [7, 11) is 0. The Morgan fingerprint density at radius 2 is 2.03 bits per heavy atom. The standard InChI is InChI=1S/C20H20N4O5S/c25-18(26)10-17-20(27,15-7-4-8-16(9-15)24(28)29)23-13-22(12-21-19(23)30-17)11-14-5-2-1-3-6-14/h1-9,17,27H,10-13H2,(H,25,26). The van der Waals surface area contributed by atoms with Gasteiger partial charge in [-0.05, 0) is 5.56 Å². The van der Waals surface area contributed by atoms with Gasteiger partial charge in [0.1, 0.15) is 0 Å². The zero-order valence-corrected chi connectivity index (χ0v) is 16.7. The smallest absolute Gasteiger partial charge is 0.304 e. The van der Waals surface area contributed by atoms with Gasteiger partial charge in [-0.1, -0.05) is 54.2 Å². The number of benzene rings is 2. The minimum Gasteiger partial charge on any atom is -0.481 e. The summed E-state index contributed by atoms with van der Waals surface area (Å²) < 4.78 is 0. The molecule has 0 radical (unpaired) electrons. The third-order valence-corrected chi connectivity index (χ3v) is 6.52. The lowest BCUT2D eigenvalue weighted by Gasteiger charge is -2.41. The molecule has 9 nitrogen and oxygen atoms in total. The fourth-order valence-electron chi connectivity index (χ4n) is 3.76. The summed E-state index contributed by atoms with van der Waals surface area (Å²) in [6.07, 6.45) is -0.307. The van der Waals surface area contributed by atoms with Crippen LogP contribution in [0.5, 0.6) is 0 Å². The summed E-state index contributed by atoms with van der Waals surface area (Å²) in [5, 5.41) is 32.2. The van der Waals surface area contributed by atoms with Crippen LogP contribution in [0.3, 0.4) is 0 Å². The van der Waals surface area contributed by atoms with Crippen molar-refractivity contribution in [1.29, 1.82) is 0 Å². The number of carbonyl (C=O) groups is 1. The number of aliphatic hydroxyl groups is 1. The first-order chi connectivity index (χ1) is 14.4. The number of rotatable bonds is 6. The van der Waals surface area contributed by atoms with Crippen molar-refractivity contribution in [3.8, 4) is 0 Å². The average molecular weight is 428 g/mol. The zero-order chi connectivity index (χ0) is 21.3. The number of carboxylic acid groups (broad SMARTS) is 1. The summed E-state index contributed by atoms with van der Waals surface area (Å²) in [5.74, 6) is -1.06. The second-order valence-electron chi connectivity index (χ2n) is 7.20. The van der Waals surface area contributed by atoms with Crippen LogP contribution in [0, 0.1) is 10.1 Å². The number of aliphatic carboxylic acids is 1. The van der Waals surface area contributed by atoms with E-state index in [1.807, 2.05) is 35.2 Å². The topological polar surface area (TPSA) is 120 Å². The van der Waals surface area contributed by atoms with E-state index in [9.17, 15) is 25.1 Å². The van der Waals surface area contributed by atoms with Gasteiger partial charge in [-0.2, -0.15) is 0 Å². The third-order valence-electron chi connectivity index (χ3n) is 5.18. The van der Waals surface area contributed by atoms with E-state index in [0.717, 1.165) is 5.56 Å². The second kappa shape index (κ2) is 8.05. The number of fused-ring (bicyclic) bond motifs is 1. The van der Waals surface area contributed by atoms with Gasteiger partial charge < -0.3 is 15.1 Å². The number of hydrogen-bond donors (Lipinski definition) is 2. The van der Waals surface area contributed by atoms with Gasteiger partial charge in [-0.25, -0.2) is 4.99 Å². The van der Waals surface area contributed by atoms with E-state index in [2.05, 4.69) is 4.99 Å². The van der Waals surface area contributed by atoms with Crippen molar-refractivity contribution in [3.05, 3.63) is 75.8 Å². The van der Waals surface area contributed by atoms with Crippen molar-refractivity contribution < 1.29 is 19.9 Å². The van der Waals surface area contributed by atoms with Crippen LogP contribution in [0.15, 0.2) is 59.6 Å². The van der Waals surface area contributed by atoms with Crippen LogP contribution in [-0.2, 0) is 17.1 Å². The maximum Gasteiger partial charge on any atom is 0.304 e. The highest BCUT2D eigenvalue weighted by Gasteiger charge is 2.54. The molecule has 156 valence electrons. The lowest BCUT2D eigenvalue weighted by molar-refractivity contribution is -0.385. The molecule has 10 heteroatoms. The summed E-state index contributed by atoms with van der Waals surface area (Å²) in [4.78, 5) is 30.4. The molecule has 0 bridgehead atoms. The molecular formula is C20H20N4O5S. The highest BCUT2D eigenvalue weighted by Crippen LogP contribution is 2.48. The highest BCUT2D eigenvalue weighted by atomic mass is 32.2. The molecule has 2 aromatic carbocycles. The molecule has 2 N–H and O–H groups in total. The number of amidine groups is 1. The Morgan fingerprint density at radius 1 is 1.27 bits per heavy atom. The van der Waals surface area contributed by atoms with Crippen LogP contribution < -0.4 is 0 Å². The first kappa shape index (κ1) is 20.3. The molecule has 0 aliphatic carbocycles. The number of nitro benzene ring substituents is 1. The predicted molar refractivity (Wildman–Crippen MR) is 112 cm³/mol. The second-order valence-corrected chi connectivity index (χ2v) is 8.37. The van der Waals surface area contributed by atoms with E-state index in [0.29, 0.717) is 25.0 Å². The number of carboxylic acids is 1. The van der Waals surface area contributed by atoms with Gasteiger partial charge in [0.2, 0.25) is 0 Å². The number of thioether (sulfide) groups is 1. The molecular weight excluding hydrogens is 408 g/mol. The van der Waals surface area contributed by atoms with Crippen LogP contribution >= 0.6 is 11.8 Å². The fraction of sp³-hybridized carbons (Fsp3) is 0.300. The fourth-order valence-corrected chi connectivity index (χ4v) is 5.13. The van der Waals surface area contributed by atoms with Crippen LogP contribution in [0.4, 0.5) is 5.69 Å². The molecule has 30 heavy (non-hydrogen) atoms. The van der Waals surface area contributed by atoms with Crippen molar-refractivity contribution in [2.75, 3.05) is 13.3 Å². The van der Waals surface area contributed by atoms with Gasteiger partial charge in [0.25, 0.3) is 5.69 Å². The number of hydrogen-bond acceptors (Lipinski definition) is 8. The van der Waals surface area contributed by atoms with E-state index in [1.54, 1.807) is 11.0 Å². The summed E-state index contributed by atoms with van der Waals surface area (Å²) >= 11 is 1.20. The van der Waals surface area contributed by atoms with Gasteiger partial charge in [0.05, 0.1) is 29.9 Å². The Bertz CT molecular complexity index is 1000. The van der Waals surface area contributed by atoms with E-state index >= 15 is 0 Å². The van der Waals surface area contributed by atoms with Crippen molar-refractivity contribution in [1.82, 2.24) is 9.80 Å². The molecule has 4 rings (SSSR count). The van der Waals surface area contributed by atoms with E-state index in [1.165, 1.54) is 30.0 Å². The molecule has 2 unspecified atom stereocenters. The van der Waals surface area contributed by atoms with Crippen molar-refractivity contribution in [2.24, 2.45) is 4.99 Å². The number of non-ortho nitro benzene ring substituents is 1. The van der Waals surface area contributed by atoms with E-state index < -0.39 is 21.9 Å². The van der Waals surface area contributed by atoms with Crippen LogP contribution in [-0.4, -0.2) is 54.7 Å². The Labute approximate surface area is 176 Å². The molecule has 2 aromatic rings. The molecule has 2 heterocycles. The molecule has 0 spiro atoms. The van der Waals surface area contributed by atoms with Gasteiger partial charge in [0, 0.05) is 24.2 Å². The Hall–Kier alpha value is -2.95. The lowest BCUT2D eigenvalue weighted by atomic mass is 9.95. The SMILES string of the molecule is O=C(O)CC1SC2=NCN(Cc3ccccc3)CN2C1(O)c1cccc([N+](=O)[O-])c1. The zero-order valence-electron chi connectivity index (χ0n) is 15.9. The number of nitro groups is 1. The summed E-state index contributed by atoms with van der Waals surface area (Å²) in [6, 6.07) is 15.5. The molecule has 1 saturated heterocycles. The largest absolute Gasteiger partial charge is 0.481 e. The molecule has 0 aromatic heterocycles. The Balaban J connectivity index is 1.69. The number of aliphatic imine (C=N–C) groups is 1. The van der Waals surface area contributed by atoms with Crippen LogP contribution in [0.25, 0.3) is 0 Å². The maximum atomic E-state index is 11.8. The molecule has 1 fully saturated rings. The first-order valence-electron chi connectivity index (χ1n) is 9.32. The van der Waals surface area contributed by atoms with Crippen molar-refractivity contribution >= 4 is 28.6 Å². The highest BCUT2D eigenvalue weighted by molar-refractivity contribution is 8.14. The van der Waals surface area contributed by atoms with E-state index in [-0.39, 0.29) is 17.7 Å². The lowest BCUT2D eigenvalue weighted by Crippen LogP contribution is -2.54. The molecule has 2 aliphatic heterocycles. The Morgan fingerprint density at radius 3 is 2.73 bits per heavy atom. The number of nitrogens with zero attached hydrogens (tertiary/aromatic N) is 4. The summed E-state index contributed by atoms with van der Waals surface area (Å²) in [6.45, 7) is 1.34. The minimum atomic E-state index is -1.73. The normalized spacial score (nSPS) is 23.7. The average Bonchev–Trinajstić information content (AvgIpc) is 3.01. The quantitative estimate of drug-likeness (QED) is 0.532. The van der Waals surface area contributed by atoms with E-state index in [4.69, 9.17) is 0 Å². The summed E-state index contributed by atoms with van der Waals surface area (Å²) in [5.41, 5.74) is -0.529. The van der Waals surface area contributed by atoms with Crippen molar-refractivity contribution in [2.45, 2.75) is 23.9 Å². The first-order valence-corrected chi connectivity index (χ1v) is 10.2. The van der Waals surface area contributed by atoms with Crippen molar-refractivity contribution in [3.63, 3.8) is 0 Å². The molecule has 2 atom stereocenters. The molecule has 0 amide bonds. The van der Waals surface area contributed by atoms with Gasteiger partial charge in [-0.15, -0.1) is 0 Å². The minimum absolute atomic E-state index is 0.163. The monoisotopic (exact) mass is 428 g/mol. The molecule has 2 aliphatic rings. The molecule has 0 saturated carbocycles. The predicted octanol–water partition coefficient (Wildman–Crippen LogP) is 2.42. The third kappa shape index (κ3) is 3.76. The van der Waals surface area contributed by atoms with Gasteiger partial charge in [0.15, 0.2) is 10.9 Å². The van der Waals surface area contributed by atoms with Crippen LogP contribution in [0.2, 0.25) is 0 Å². The van der Waals surface area contributed by atoms with Gasteiger partial charge in [-0.3, -0.25) is 19.8 Å². The maximum absolute atomic E-state index is 11.8. The Kier molecular flexibility index (Phi) is 5.46. The van der Waals surface area contributed by atoms with Gasteiger partial charge >= 0.3 is 5.97 Å².